The highest BCUT2D eigenvalue weighted by atomic mass is 35.5. The summed E-state index contributed by atoms with van der Waals surface area (Å²) in [6.07, 6.45) is 0.461. The van der Waals surface area contributed by atoms with E-state index in [0.717, 1.165) is 11.1 Å². The van der Waals surface area contributed by atoms with Gasteiger partial charge in [0.1, 0.15) is 5.75 Å². The highest BCUT2D eigenvalue weighted by Gasteiger charge is 2.55. The van der Waals surface area contributed by atoms with Crippen molar-refractivity contribution in [1.82, 2.24) is 4.90 Å². The molecule has 31 heavy (non-hydrogen) atoms. The molecule has 156 valence electrons. The summed E-state index contributed by atoms with van der Waals surface area (Å²) in [7, 11) is 0. The Labute approximate surface area is 185 Å². The molecule has 5 nitrogen and oxygen atoms in total. The number of nitrogens with zero attached hydrogens (tertiary/aromatic N) is 2. The van der Waals surface area contributed by atoms with Crippen LogP contribution in [0.2, 0.25) is 5.02 Å². The van der Waals surface area contributed by atoms with E-state index < -0.39 is 17.8 Å². The van der Waals surface area contributed by atoms with E-state index >= 15 is 0 Å². The Morgan fingerprint density at radius 1 is 1.03 bits per heavy atom. The molecule has 2 atom stereocenters. The highest BCUT2D eigenvalue weighted by Crippen LogP contribution is 2.49. The van der Waals surface area contributed by atoms with Crippen LogP contribution >= 0.6 is 11.6 Å². The van der Waals surface area contributed by atoms with E-state index in [-0.39, 0.29) is 5.91 Å². The van der Waals surface area contributed by atoms with Gasteiger partial charge in [-0.25, -0.2) is 4.79 Å². The van der Waals surface area contributed by atoms with Crippen molar-refractivity contribution in [2.45, 2.75) is 32.0 Å². The summed E-state index contributed by atoms with van der Waals surface area (Å²) in [5, 5.41) is 0.534. The van der Waals surface area contributed by atoms with Gasteiger partial charge in [0.05, 0.1) is 6.04 Å². The molecule has 2 heterocycles. The normalized spacial score (nSPS) is 22.0. The first-order valence-corrected chi connectivity index (χ1v) is 10.5. The fraction of sp³-hybridized carbons (Fsp3) is 0.200. The molecule has 0 aliphatic carbocycles. The third-order valence-electron chi connectivity index (χ3n) is 5.96. The van der Waals surface area contributed by atoms with Crippen LogP contribution in [0.5, 0.6) is 5.75 Å². The first kappa shape index (κ1) is 19.6. The zero-order valence-electron chi connectivity index (χ0n) is 17.2. The number of hydrogen-bond donors (Lipinski definition) is 0. The second-order valence-corrected chi connectivity index (χ2v) is 8.61. The zero-order valence-corrected chi connectivity index (χ0v) is 18.0. The first-order chi connectivity index (χ1) is 14.9. The second kappa shape index (κ2) is 7.13. The van der Waals surface area contributed by atoms with Gasteiger partial charge in [-0.3, -0.25) is 14.6 Å². The molecule has 0 N–H and O–H groups in total. The molecule has 1 fully saturated rings. The van der Waals surface area contributed by atoms with Crippen LogP contribution in [-0.4, -0.2) is 22.6 Å². The van der Waals surface area contributed by atoms with Crippen LogP contribution in [0, 0.1) is 6.92 Å². The number of benzene rings is 3. The molecular formula is C25H21ClN2O3. The summed E-state index contributed by atoms with van der Waals surface area (Å²) >= 11 is 6.00. The maximum absolute atomic E-state index is 13.8. The number of fused-ring (bicyclic) bond motifs is 4. The number of ether oxygens (including phenoxy) is 1. The van der Waals surface area contributed by atoms with Crippen molar-refractivity contribution in [2.24, 2.45) is 0 Å². The number of urea groups is 1. The van der Waals surface area contributed by atoms with E-state index in [4.69, 9.17) is 16.3 Å². The Kier molecular flexibility index (Phi) is 4.52. The molecule has 3 aromatic carbocycles. The van der Waals surface area contributed by atoms with Crippen molar-refractivity contribution in [3.63, 3.8) is 0 Å². The van der Waals surface area contributed by atoms with E-state index in [0.29, 0.717) is 28.4 Å². The van der Waals surface area contributed by atoms with Gasteiger partial charge in [0.15, 0.2) is 5.72 Å². The van der Waals surface area contributed by atoms with Gasteiger partial charge in [0.25, 0.3) is 5.91 Å². The molecule has 0 aromatic heterocycles. The number of rotatable bonds is 2. The maximum atomic E-state index is 13.8. The third kappa shape index (κ3) is 3.17. The number of aryl methyl sites for hydroxylation is 1. The fourth-order valence-electron chi connectivity index (χ4n) is 4.44. The minimum absolute atomic E-state index is 0.359. The molecule has 1 saturated heterocycles. The van der Waals surface area contributed by atoms with Gasteiger partial charge < -0.3 is 4.74 Å². The van der Waals surface area contributed by atoms with Crippen LogP contribution in [0.15, 0.2) is 72.8 Å². The van der Waals surface area contributed by atoms with Crippen molar-refractivity contribution < 1.29 is 14.3 Å². The molecule has 5 rings (SSSR count). The van der Waals surface area contributed by atoms with Crippen LogP contribution in [0.1, 0.15) is 40.9 Å². The van der Waals surface area contributed by atoms with Crippen LogP contribution < -0.4 is 9.64 Å². The lowest BCUT2D eigenvalue weighted by molar-refractivity contribution is 0.00268. The van der Waals surface area contributed by atoms with Gasteiger partial charge in [0, 0.05) is 28.3 Å². The smallest absolute Gasteiger partial charge is 0.335 e. The average Bonchev–Trinajstić information content (AvgIpc) is 2.75. The first-order valence-electron chi connectivity index (χ1n) is 10.2. The molecule has 0 saturated carbocycles. The Bertz CT molecular complexity index is 1180. The molecule has 3 amide bonds. The molecule has 3 aromatic rings. The highest BCUT2D eigenvalue weighted by molar-refractivity contribution is 6.30. The SMILES string of the molecule is Cc1ccc(N2C(=O)N(C(=O)c3ccc(Cl)cc3)[C@@H]3C[C@@]2(C)Oc2ccccc23)cc1. The predicted octanol–water partition coefficient (Wildman–Crippen LogP) is 5.97. The largest absolute Gasteiger partial charge is 0.467 e. The maximum Gasteiger partial charge on any atom is 0.335 e. The summed E-state index contributed by atoms with van der Waals surface area (Å²) in [5.74, 6) is 0.322. The zero-order chi connectivity index (χ0) is 21.8. The number of imide groups is 1. The topological polar surface area (TPSA) is 49.9 Å². The summed E-state index contributed by atoms with van der Waals surface area (Å²) in [4.78, 5) is 30.4. The molecule has 2 aliphatic heterocycles. The lowest BCUT2D eigenvalue weighted by Crippen LogP contribution is -2.67. The summed E-state index contributed by atoms with van der Waals surface area (Å²) in [6, 6.07) is 21.0. The minimum atomic E-state index is -0.915. The lowest BCUT2D eigenvalue weighted by atomic mass is 9.88. The number of carbonyl (C=O) groups excluding carboxylic acids is 2. The Morgan fingerprint density at radius 2 is 1.71 bits per heavy atom. The van der Waals surface area contributed by atoms with Gasteiger partial charge in [-0.1, -0.05) is 47.5 Å². The summed E-state index contributed by atoms with van der Waals surface area (Å²) < 4.78 is 6.36. The molecule has 6 heteroatoms. The van der Waals surface area contributed by atoms with Crippen molar-refractivity contribution in [2.75, 3.05) is 4.90 Å². The second-order valence-electron chi connectivity index (χ2n) is 8.17. The van der Waals surface area contributed by atoms with Crippen LogP contribution in [-0.2, 0) is 0 Å². The molecule has 0 unspecified atom stereocenters. The Morgan fingerprint density at radius 3 is 2.42 bits per heavy atom. The van der Waals surface area contributed by atoms with E-state index in [1.165, 1.54) is 4.90 Å². The van der Waals surface area contributed by atoms with Gasteiger partial charge in [0.2, 0.25) is 0 Å². The summed E-state index contributed by atoms with van der Waals surface area (Å²) in [6.45, 7) is 3.89. The van der Waals surface area contributed by atoms with Gasteiger partial charge in [-0.15, -0.1) is 0 Å². The lowest BCUT2D eigenvalue weighted by Gasteiger charge is -2.53. The Balaban J connectivity index is 1.66. The van der Waals surface area contributed by atoms with E-state index in [1.807, 2.05) is 62.4 Å². The fourth-order valence-corrected chi connectivity index (χ4v) is 4.57. The average molecular weight is 433 g/mol. The van der Waals surface area contributed by atoms with Crippen LogP contribution in [0.4, 0.5) is 10.5 Å². The van der Waals surface area contributed by atoms with E-state index in [9.17, 15) is 9.59 Å². The van der Waals surface area contributed by atoms with Crippen LogP contribution in [0.3, 0.4) is 0 Å². The standard InChI is InChI=1S/C25H21ClN2O3/c1-16-7-13-19(14-8-16)28-24(30)27(23(29)17-9-11-18(26)12-10-17)21-15-25(28,2)31-22-6-4-3-5-20(21)22/h3-14,21H,15H2,1-2H3/t21-,25-/m1/s1. The third-order valence-corrected chi connectivity index (χ3v) is 6.22. The van der Waals surface area contributed by atoms with Gasteiger partial charge >= 0.3 is 6.03 Å². The molecule has 2 aliphatic rings. The Hall–Kier alpha value is -3.31. The molecule has 0 spiro atoms. The van der Waals surface area contributed by atoms with Crippen LogP contribution in [0.25, 0.3) is 0 Å². The van der Waals surface area contributed by atoms with Crippen molar-refractivity contribution in [1.29, 1.82) is 0 Å². The summed E-state index contributed by atoms with van der Waals surface area (Å²) in [5.41, 5.74) is 2.10. The number of halogens is 1. The number of carbonyl (C=O) groups is 2. The van der Waals surface area contributed by atoms with Gasteiger partial charge in [-0.05, 0) is 56.3 Å². The molecule has 2 bridgehead atoms. The molecular weight excluding hydrogens is 412 g/mol. The van der Waals surface area contributed by atoms with Gasteiger partial charge in [-0.2, -0.15) is 0 Å². The van der Waals surface area contributed by atoms with E-state index in [2.05, 4.69) is 0 Å². The van der Waals surface area contributed by atoms with Crippen molar-refractivity contribution in [3.05, 3.63) is 94.5 Å². The van der Waals surface area contributed by atoms with Crippen molar-refractivity contribution in [3.8, 4) is 5.75 Å². The number of anilines is 1. The quantitative estimate of drug-likeness (QED) is 0.501. The monoisotopic (exact) mass is 432 g/mol. The molecule has 0 radical (unpaired) electrons. The number of para-hydroxylation sites is 1. The van der Waals surface area contributed by atoms with Crippen molar-refractivity contribution >= 4 is 29.2 Å². The number of amides is 3. The predicted molar refractivity (Wildman–Crippen MR) is 120 cm³/mol. The minimum Gasteiger partial charge on any atom is -0.467 e. The van der Waals surface area contributed by atoms with E-state index in [1.54, 1.807) is 29.2 Å². The number of hydrogen-bond acceptors (Lipinski definition) is 3.